The number of nitrogens with zero attached hydrogens (tertiary/aromatic N) is 2. The van der Waals surface area contributed by atoms with Crippen LogP contribution in [0.3, 0.4) is 0 Å². The Morgan fingerprint density at radius 3 is 2.82 bits per heavy atom. The molecule has 0 bridgehead atoms. The molecule has 1 aromatic heterocycles. The first-order valence-corrected chi connectivity index (χ1v) is 7.68. The van der Waals surface area contributed by atoms with Crippen LogP contribution in [0.4, 0.5) is 13.2 Å². The summed E-state index contributed by atoms with van der Waals surface area (Å²) >= 11 is 1.32. The Kier molecular flexibility index (Phi) is 3.99. The fourth-order valence-electron chi connectivity index (χ4n) is 2.52. The minimum atomic E-state index is -4.35. The van der Waals surface area contributed by atoms with E-state index in [-0.39, 0.29) is 6.54 Å². The molecule has 1 saturated heterocycles. The summed E-state index contributed by atoms with van der Waals surface area (Å²) in [5.41, 5.74) is 0.810. The smallest absolute Gasteiger partial charge is 0.333 e. The van der Waals surface area contributed by atoms with Gasteiger partial charge in [0.25, 0.3) is 0 Å². The maximum atomic E-state index is 12.4. The molecule has 0 saturated carbocycles. The molecular formula is C15H13F3N2OS. The van der Waals surface area contributed by atoms with Crippen molar-refractivity contribution < 1.29 is 18.0 Å². The number of fused-ring (bicyclic) bond motifs is 1. The number of hydrogen-bond donors (Lipinski definition) is 0. The largest absolute Gasteiger partial charge is 0.406 e. The first-order valence-electron chi connectivity index (χ1n) is 6.80. The first kappa shape index (κ1) is 15.1. The molecule has 1 aliphatic rings. The molecule has 0 spiro atoms. The van der Waals surface area contributed by atoms with Crippen LogP contribution in [-0.4, -0.2) is 40.3 Å². The third-order valence-corrected chi connectivity index (χ3v) is 4.83. The zero-order valence-electron chi connectivity index (χ0n) is 11.5. The molecule has 3 rings (SSSR count). The van der Waals surface area contributed by atoms with Gasteiger partial charge in [0.05, 0.1) is 10.8 Å². The second-order valence-electron chi connectivity index (χ2n) is 5.10. The van der Waals surface area contributed by atoms with E-state index >= 15 is 0 Å². The molecule has 2 heterocycles. The highest BCUT2D eigenvalue weighted by atomic mass is 32.2. The molecule has 1 atom stereocenters. The molecule has 2 aromatic rings. The van der Waals surface area contributed by atoms with Gasteiger partial charge in [-0.2, -0.15) is 13.2 Å². The number of carbonyl (C=O) groups excluding carboxylic acids is 1. The Bertz CT molecular complexity index is 699. The minimum absolute atomic E-state index is 0.152. The number of para-hydroxylation sites is 1. The maximum Gasteiger partial charge on any atom is 0.406 e. The average molecular weight is 326 g/mol. The lowest BCUT2D eigenvalue weighted by Crippen LogP contribution is -2.36. The molecule has 0 N–H and O–H groups in total. The van der Waals surface area contributed by atoms with Crippen molar-refractivity contribution in [1.29, 1.82) is 0 Å². The van der Waals surface area contributed by atoms with Gasteiger partial charge in [-0.15, -0.1) is 11.8 Å². The van der Waals surface area contributed by atoms with Crippen molar-refractivity contribution in [2.45, 2.75) is 22.7 Å². The first-order chi connectivity index (χ1) is 10.4. The monoisotopic (exact) mass is 326 g/mol. The fraction of sp³-hybridized carbons (Fsp3) is 0.333. The number of amides is 1. The van der Waals surface area contributed by atoms with Crippen molar-refractivity contribution >= 4 is 28.6 Å². The molecule has 22 heavy (non-hydrogen) atoms. The molecule has 3 nitrogen and oxygen atoms in total. The number of pyridine rings is 1. The highest BCUT2D eigenvalue weighted by Crippen LogP contribution is 2.35. The molecule has 1 aliphatic heterocycles. The second kappa shape index (κ2) is 5.79. The number of likely N-dealkylation sites (tertiary alicyclic amines) is 1. The summed E-state index contributed by atoms with van der Waals surface area (Å²) < 4.78 is 37.3. The van der Waals surface area contributed by atoms with Gasteiger partial charge in [0.15, 0.2) is 0 Å². The van der Waals surface area contributed by atoms with Crippen LogP contribution in [0.25, 0.3) is 10.9 Å². The van der Waals surface area contributed by atoms with Crippen LogP contribution in [0.5, 0.6) is 0 Å². The summed E-state index contributed by atoms with van der Waals surface area (Å²) in [4.78, 5) is 18.1. The van der Waals surface area contributed by atoms with Crippen LogP contribution in [0.2, 0.25) is 0 Å². The summed E-state index contributed by atoms with van der Waals surface area (Å²) in [5, 5.41) is 0.449. The van der Waals surface area contributed by atoms with E-state index in [1.165, 1.54) is 11.8 Å². The molecule has 1 aromatic carbocycles. The van der Waals surface area contributed by atoms with Gasteiger partial charge in [-0.1, -0.05) is 18.2 Å². The minimum Gasteiger partial charge on any atom is -0.333 e. The highest BCUT2D eigenvalue weighted by molar-refractivity contribution is 8.00. The van der Waals surface area contributed by atoms with E-state index in [9.17, 15) is 18.0 Å². The molecular weight excluding hydrogens is 313 g/mol. The van der Waals surface area contributed by atoms with Crippen LogP contribution in [-0.2, 0) is 4.79 Å². The topological polar surface area (TPSA) is 33.2 Å². The molecule has 0 unspecified atom stereocenters. The molecule has 0 radical (unpaired) electrons. The average Bonchev–Trinajstić information content (AvgIpc) is 2.79. The van der Waals surface area contributed by atoms with Crippen LogP contribution in [0.1, 0.15) is 6.42 Å². The van der Waals surface area contributed by atoms with Gasteiger partial charge < -0.3 is 4.90 Å². The van der Waals surface area contributed by atoms with Gasteiger partial charge in [-0.3, -0.25) is 9.78 Å². The maximum absolute atomic E-state index is 12.4. The Labute approximate surface area is 129 Å². The Morgan fingerprint density at radius 1 is 1.27 bits per heavy atom. The summed E-state index contributed by atoms with van der Waals surface area (Å²) in [6.45, 7) is -1.01. The van der Waals surface area contributed by atoms with E-state index in [1.54, 1.807) is 12.3 Å². The summed E-state index contributed by atoms with van der Waals surface area (Å²) in [7, 11) is 0. The quantitative estimate of drug-likeness (QED) is 0.866. The van der Waals surface area contributed by atoms with Crippen LogP contribution in [0, 0.1) is 0 Å². The Morgan fingerprint density at radius 2 is 2.05 bits per heavy atom. The van der Waals surface area contributed by atoms with Crippen molar-refractivity contribution in [2.75, 3.05) is 13.1 Å². The van der Waals surface area contributed by atoms with Gasteiger partial charge in [0.2, 0.25) is 5.91 Å². The van der Waals surface area contributed by atoms with Gasteiger partial charge in [0, 0.05) is 23.0 Å². The van der Waals surface area contributed by atoms with Crippen molar-refractivity contribution in [3.8, 4) is 0 Å². The molecule has 1 amide bonds. The molecule has 7 heteroatoms. The van der Waals surface area contributed by atoms with E-state index in [1.807, 2.05) is 24.3 Å². The number of aromatic nitrogens is 1. The van der Waals surface area contributed by atoms with Gasteiger partial charge >= 0.3 is 6.18 Å². The predicted molar refractivity (Wildman–Crippen MR) is 78.6 cm³/mol. The number of hydrogen-bond acceptors (Lipinski definition) is 3. The lowest BCUT2D eigenvalue weighted by atomic mass is 10.2. The van der Waals surface area contributed by atoms with Gasteiger partial charge in [-0.25, -0.2) is 0 Å². The lowest BCUT2D eigenvalue weighted by molar-refractivity contribution is -0.157. The zero-order valence-corrected chi connectivity index (χ0v) is 12.3. The number of halogens is 3. The van der Waals surface area contributed by atoms with Crippen LogP contribution < -0.4 is 0 Å². The van der Waals surface area contributed by atoms with Crippen LogP contribution >= 0.6 is 11.8 Å². The Balaban J connectivity index is 1.77. The zero-order chi connectivity index (χ0) is 15.7. The van der Waals surface area contributed by atoms with Gasteiger partial charge in [0.1, 0.15) is 6.54 Å². The van der Waals surface area contributed by atoms with Crippen molar-refractivity contribution in [3.63, 3.8) is 0 Å². The fourth-order valence-corrected chi connectivity index (χ4v) is 3.74. The molecule has 116 valence electrons. The van der Waals surface area contributed by atoms with E-state index in [0.29, 0.717) is 6.42 Å². The van der Waals surface area contributed by atoms with Crippen molar-refractivity contribution in [2.24, 2.45) is 0 Å². The molecule has 1 fully saturated rings. The third kappa shape index (κ3) is 3.19. The summed E-state index contributed by atoms with van der Waals surface area (Å²) in [6, 6.07) is 9.31. The summed E-state index contributed by atoms with van der Waals surface area (Å²) in [6.07, 6.45) is -2.27. The molecule has 0 aliphatic carbocycles. The lowest BCUT2D eigenvalue weighted by Gasteiger charge is -2.18. The second-order valence-corrected chi connectivity index (χ2v) is 6.34. The standard InChI is InChI=1S/C15H13F3N2OS/c16-15(17,18)9-20-8-6-13(14(20)21)22-12-5-7-19-11-4-2-1-3-10(11)12/h1-5,7,13H,6,8-9H2/t13-/m1/s1. The van der Waals surface area contributed by atoms with E-state index in [2.05, 4.69) is 4.98 Å². The number of carbonyl (C=O) groups is 1. The Hall–Kier alpha value is -1.76. The number of alkyl halides is 3. The van der Waals surface area contributed by atoms with Gasteiger partial charge in [-0.05, 0) is 18.6 Å². The van der Waals surface area contributed by atoms with E-state index < -0.39 is 23.9 Å². The van der Waals surface area contributed by atoms with Crippen molar-refractivity contribution in [3.05, 3.63) is 36.5 Å². The van der Waals surface area contributed by atoms with E-state index in [0.717, 1.165) is 20.7 Å². The number of rotatable bonds is 3. The van der Waals surface area contributed by atoms with Crippen LogP contribution in [0.15, 0.2) is 41.4 Å². The highest BCUT2D eigenvalue weighted by Gasteiger charge is 2.39. The number of benzene rings is 1. The summed E-state index contributed by atoms with van der Waals surface area (Å²) in [5.74, 6) is -0.441. The third-order valence-electron chi connectivity index (χ3n) is 3.50. The normalized spacial score (nSPS) is 19.1. The number of thioether (sulfide) groups is 1. The van der Waals surface area contributed by atoms with Crippen molar-refractivity contribution in [1.82, 2.24) is 9.88 Å². The van der Waals surface area contributed by atoms with E-state index in [4.69, 9.17) is 0 Å². The predicted octanol–water partition coefficient (Wildman–Crippen LogP) is 3.49. The SMILES string of the molecule is O=C1[C@H](Sc2ccnc3ccccc23)CCN1CC(F)(F)F.